The van der Waals surface area contributed by atoms with Crippen LogP contribution < -0.4 is 0 Å². The minimum Gasteiger partial charge on any atom is -0.264 e. The number of hydrogen-bond acceptors (Lipinski definition) is 4. The summed E-state index contributed by atoms with van der Waals surface area (Å²) in [5.41, 5.74) is 1.69. The van der Waals surface area contributed by atoms with E-state index in [0.717, 1.165) is 28.5 Å². The zero-order chi connectivity index (χ0) is 17.5. The van der Waals surface area contributed by atoms with Gasteiger partial charge in [-0.3, -0.25) is 4.98 Å². The number of nitrogens with zero attached hydrogens (tertiary/aromatic N) is 3. The average molecular weight is 358 g/mol. The Labute approximate surface area is 148 Å². The summed E-state index contributed by atoms with van der Waals surface area (Å²) >= 11 is 1.85. The maximum absolute atomic E-state index is 12.9. The fourth-order valence-electron chi connectivity index (χ4n) is 1.75. The Hall–Kier alpha value is -1.01. The number of imidazole rings is 1. The van der Waals surface area contributed by atoms with Gasteiger partial charge in [0.2, 0.25) is 0 Å². The molecule has 0 unspecified atom stereocenters. The minimum absolute atomic E-state index is 0.168. The van der Waals surface area contributed by atoms with Gasteiger partial charge in [0.1, 0.15) is 11.4 Å². The van der Waals surface area contributed by atoms with Gasteiger partial charge in [-0.1, -0.05) is 47.5 Å². The Morgan fingerprint density at radius 1 is 1.17 bits per heavy atom. The highest BCUT2D eigenvalue weighted by atomic mass is 32.2. The molecule has 0 radical (unpaired) electrons. The Morgan fingerprint density at radius 2 is 1.91 bits per heavy atom. The van der Waals surface area contributed by atoms with Crippen molar-refractivity contribution in [1.29, 1.82) is 0 Å². The van der Waals surface area contributed by atoms with Crippen LogP contribution in [0.2, 0.25) is 0 Å². The lowest BCUT2D eigenvalue weighted by Crippen LogP contribution is -1.89. The van der Waals surface area contributed by atoms with Gasteiger partial charge >= 0.3 is 0 Å². The van der Waals surface area contributed by atoms with Crippen LogP contribution in [-0.4, -0.2) is 19.7 Å². The normalized spacial score (nSPS) is 9.48. The second kappa shape index (κ2) is 14.6. The number of rotatable bonds is 7. The smallest absolute Gasteiger partial charge is 0.171 e. The molecule has 0 fully saturated rings. The van der Waals surface area contributed by atoms with E-state index in [1.165, 1.54) is 23.1 Å². The summed E-state index contributed by atoms with van der Waals surface area (Å²) in [7, 11) is 0. The van der Waals surface area contributed by atoms with E-state index in [4.69, 9.17) is 0 Å². The molecular weight excluding hydrogens is 329 g/mol. The van der Waals surface area contributed by atoms with E-state index in [-0.39, 0.29) is 12.3 Å². The lowest BCUT2D eigenvalue weighted by Gasteiger charge is -2.05. The van der Waals surface area contributed by atoms with Crippen LogP contribution in [0, 0.1) is 0 Å². The fourth-order valence-corrected chi connectivity index (χ4v) is 3.17. The summed E-state index contributed by atoms with van der Waals surface area (Å²) in [6, 6.07) is 3.77. The lowest BCUT2D eigenvalue weighted by atomic mass is 10.2. The topological polar surface area (TPSA) is 30.7 Å². The zero-order valence-corrected chi connectivity index (χ0v) is 16.4. The average Bonchev–Trinajstić information content (AvgIpc) is 3.06. The van der Waals surface area contributed by atoms with Crippen LogP contribution in [0.4, 0.5) is 3.89 Å². The second-order valence-electron chi connectivity index (χ2n) is 4.09. The molecule has 130 valence electrons. The van der Waals surface area contributed by atoms with Gasteiger partial charge in [-0.15, -0.1) is 15.6 Å². The highest BCUT2D eigenvalue weighted by Gasteiger charge is 2.14. The van der Waals surface area contributed by atoms with Crippen molar-refractivity contribution in [3.05, 3.63) is 30.9 Å². The molecule has 6 heteroatoms. The first-order chi connectivity index (χ1) is 11.4. The van der Waals surface area contributed by atoms with E-state index in [1.807, 2.05) is 39.8 Å². The molecule has 0 saturated carbocycles. The van der Waals surface area contributed by atoms with E-state index in [9.17, 15) is 3.89 Å². The molecule has 3 nitrogen and oxygen atoms in total. The third-order valence-electron chi connectivity index (χ3n) is 2.70. The molecule has 0 aliphatic carbocycles. The van der Waals surface area contributed by atoms with Gasteiger partial charge in [0, 0.05) is 18.0 Å². The number of thioether (sulfide) groups is 1. The quantitative estimate of drug-likeness (QED) is 0.409. The van der Waals surface area contributed by atoms with Crippen LogP contribution >= 0.6 is 24.1 Å². The number of unbranched alkanes of at least 4 members (excludes halogenated alkanes) is 2. The molecule has 0 saturated heterocycles. The molecule has 2 aromatic rings. The van der Waals surface area contributed by atoms with E-state index in [0.29, 0.717) is 0 Å². The molecule has 0 bridgehead atoms. The van der Waals surface area contributed by atoms with Crippen molar-refractivity contribution in [2.75, 3.05) is 5.75 Å². The summed E-state index contributed by atoms with van der Waals surface area (Å²) in [5.74, 6) is 1.01. The Balaban J connectivity index is 0.00000112. The standard InChI is InChI=1S/C13H16FN3S2.2C2H6/c1-2-3-4-8-18-13-12(17(19-14)10-16-13)11-6-5-7-15-9-11;2*1-2/h5-7,9-10H,2-4,8H2,1H3;2*1-2H3. The summed E-state index contributed by atoms with van der Waals surface area (Å²) in [6.45, 7) is 10.2. The van der Waals surface area contributed by atoms with E-state index < -0.39 is 0 Å². The molecule has 0 spiro atoms. The molecule has 2 heterocycles. The molecular formula is C17H28FN3S2. The van der Waals surface area contributed by atoms with Gasteiger partial charge in [0.15, 0.2) is 12.3 Å². The summed E-state index contributed by atoms with van der Waals surface area (Å²) in [4.78, 5) is 8.38. The van der Waals surface area contributed by atoms with Crippen molar-refractivity contribution >= 4 is 24.1 Å². The number of aromatic nitrogens is 3. The van der Waals surface area contributed by atoms with Gasteiger partial charge in [0.05, 0.1) is 5.69 Å². The summed E-state index contributed by atoms with van der Waals surface area (Å²) < 4.78 is 14.4. The van der Waals surface area contributed by atoms with Crippen molar-refractivity contribution < 1.29 is 3.89 Å². The van der Waals surface area contributed by atoms with Gasteiger partial charge in [-0.25, -0.2) is 8.96 Å². The molecule has 0 N–H and O–H groups in total. The fraction of sp³-hybridized carbons (Fsp3) is 0.529. The van der Waals surface area contributed by atoms with E-state index in [2.05, 4.69) is 16.9 Å². The zero-order valence-electron chi connectivity index (χ0n) is 14.8. The van der Waals surface area contributed by atoms with Crippen LogP contribution in [0.3, 0.4) is 0 Å². The number of hydrogen-bond donors (Lipinski definition) is 0. The first-order valence-electron chi connectivity index (χ1n) is 8.26. The number of pyridine rings is 1. The summed E-state index contributed by atoms with van der Waals surface area (Å²) in [5, 5.41) is 0.870. The molecule has 0 aliphatic rings. The van der Waals surface area contributed by atoms with Gasteiger partial charge in [-0.05, 0) is 24.3 Å². The van der Waals surface area contributed by atoms with Crippen molar-refractivity contribution in [2.24, 2.45) is 0 Å². The SMILES string of the molecule is CC.CC.CCCCCSc1ncn(SF)c1-c1cccnc1. The molecule has 0 amide bonds. The predicted octanol–water partition coefficient (Wildman–Crippen LogP) is 6.66. The van der Waals surface area contributed by atoms with E-state index >= 15 is 0 Å². The predicted molar refractivity (Wildman–Crippen MR) is 103 cm³/mol. The third kappa shape index (κ3) is 7.40. The van der Waals surface area contributed by atoms with Crippen LogP contribution in [-0.2, 0) is 0 Å². The Morgan fingerprint density at radius 3 is 2.48 bits per heavy atom. The van der Waals surface area contributed by atoms with Crippen LogP contribution in [0.15, 0.2) is 35.9 Å². The molecule has 2 rings (SSSR count). The third-order valence-corrected chi connectivity index (χ3v) is 4.19. The summed E-state index contributed by atoms with van der Waals surface area (Å²) in [6.07, 6.45) is 8.54. The highest BCUT2D eigenvalue weighted by Crippen LogP contribution is 2.33. The van der Waals surface area contributed by atoms with Crippen LogP contribution in [0.1, 0.15) is 53.9 Å². The molecule has 0 aromatic carbocycles. The van der Waals surface area contributed by atoms with Crippen LogP contribution in [0.25, 0.3) is 11.3 Å². The largest absolute Gasteiger partial charge is 0.264 e. The maximum Gasteiger partial charge on any atom is 0.171 e. The maximum atomic E-state index is 12.9. The lowest BCUT2D eigenvalue weighted by molar-refractivity contribution is 0.778. The molecule has 0 atom stereocenters. The molecule has 0 aliphatic heterocycles. The van der Waals surface area contributed by atoms with Crippen LogP contribution in [0.5, 0.6) is 0 Å². The monoisotopic (exact) mass is 357 g/mol. The van der Waals surface area contributed by atoms with Crippen molar-refractivity contribution in [1.82, 2.24) is 13.9 Å². The molecule has 2 aromatic heterocycles. The number of halogens is 1. The van der Waals surface area contributed by atoms with E-state index in [1.54, 1.807) is 24.2 Å². The first kappa shape index (κ1) is 22.0. The minimum atomic E-state index is 0.168. The van der Waals surface area contributed by atoms with Gasteiger partial charge in [-0.2, -0.15) is 0 Å². The van der Waals surface area contributed by atoms with Crippen molar-refractivity contribution in [3.63, 3.8) is 0 Å². The molecule has 23 heavy (non-hydrogen) atoms. The van der Waals surface area contributed by atoms with Crippen molar-refractivity contribution in [3.8, 4) is 11.3 Å². The Bertz CT molecular complexity index is 504. The van der Waals surface area contributed by atoms with Crippen molar-refractivity contribution in [2.45, 2.75) is 58.9 Å². The highest BCUT2D eigenvalue weighted by molar-refractivity contribution is 7.99. The second-order valence-corrected chi connectivity index (χ2v) is 5.71. The van der Waals surface area contributed by atoms with Gasteiger partial charge in [0.25, 0.3) is 0 Å². The van der Waals surface area contributed by atoms with Gasteiger partial charge < -0.3 is 0 Å². The first-order valence-corrected chi connectivity index (χ1v) is 9.92. The Kier molecular flexibility index (Phi) is 13.9.